The molecule has 0 spiro atoms. The maximum absolute atomic E-state index is 14.2. The summed E-state index contributed by atoms with van der Waals surface area (Å²) in [5.41, 5.74) is 5.11. The Morgan fingerprint density at radius 1 is 0.828 bits per heavy atom. The molecule has 2 N–H and O–H groups in total. The summed E-state index contributed by atoms with van der Waals surface area (Å²) in [5, 5.41) is 3.24. The molecule has 2 heterocycles. The summed E-state index contributed by atoms with van der Waals surface area (Å²) < 4.78 is 84.3. The zero-order valence-electron chi connectivity index (χ0n) is 36.0. The number of benzene rings is 4. The number of sulfonamides is 1. The Morgan fingerprint density at radius 2 is 1.50 bits per heavy atom. The number of thioether (sulfide) groups is 1. The molecule has 1 atom stereocenters. The van der Waals surface area contributed by atoms with E-state index >= 15 is 0 Å². The van der Waals surface area contributed by atoms with Crippen molar-refractivity contribution >= 4 is 77.7 Å². The van der Waals surface area contributed by atoms with Gasteiger partial charge in [0.05, 0.1) is 10.7 Å². The van der Waals surface area contributed by atoms with Crippen molar-refractivity contribution in [2.24, 2.45) is 5.41 Å². The SMILES string of the molecule is CC1(C)CCC(c2ccc(Cl)cc2)=C(CN2CCN(c3ccc(C(=O)NS(=O)(=O)c4ccc(N[C@H](CCN5CCCC5)CSc5ccccc5)c(Cl)c4S(=O)(=O)C(F)F)cc3)CC2)C1. The molecule has 7 rings (SSSR count). The molecule has 17 heteroatoms. The fourth-order valence-electron chi connectivity index (χ4n) is 8.75. The van der Waals surface area contributed by atoms with E-state index in [0.29, 0.717) is 12.2 Å². The summed E-state index contributed by atoms with van der Waals surface area (Å²) in [4.78, 5) is 19.1. The van der Waals surface area contributed by atoms with Crippen LogP contribution in [0, 0.1) is 5.41 Å². The van der Waals surface area contributed by atoms with Crippen molar-refractivity contribution < 1.29 is 30.4 Å². The van der Waals surface area contributed by atoms with Crippen LogP contribution in [0.2, 0.25) is 10.0 Å². The molecule has 2 saturated heterocycles. The molecule has 2 aliphatic heterocycles. The van der Waals surface area contributed by atoms with Crippen molar-refractivity contribution in [3.05, 3.63) is 118 Å². The highest BCUT2D eigenvalue weighted by atomic mass is 35.5. The van der Waals surface area contributed by atoms with Crippen LogP contribution in [0.25, 0.3) is 5.57 Å². The standard InChI is InChI=1S/C47H55Cl2F2N5O5S3/c1-47(2)22-20-40(33-10-14-36(48)15-11-33)35(30-47)31-55-26-28-56(29-27-55)38-16-12-34(13-17-38)45(57)53-64(60,61)42-19-18-41(43(49)44(42)63(58,59)46(50)51)52-37(21-25-54-23-6-7-24-54)32-62-39-8-4-3-5-9-39/h3-5,8-19,37,46,52H,6-7,20-32H2,1-2H3,(H,53,57)/t37-/m1/s1. The van der Waals surface area contributed by atoms with Crippen LogP contribution in [0.4, 0.5) is 20.2 Å². The maximum Gasteiger partial charge on any atom is 0.341 e. The minimum Gasteiger partial charge on any atom is -0.380 e. The second-order valence-electron chi connectivity index (χ2n) is 17.5. The molecule has 10 nitrogen and oxygen atoms in total. The van der Waals surface area contributed by atoms with Crippen molar-refractivity contribution in [1.29, 1.82) is 0 Å². The van der Waals surface area contributed by atoms with E-state index in [1.165, 1.54) is 34.9 Å². The maximum atomic E-state index is 14.2. The molecule has 0 bridgehead atoms. The first-order valence-electron chi connectivity index (χ1n) is 21.6. The van der Waals surface area contributed by atoms with Crippen LogP contribution in [0.3, 0.4) is 0 Å². The number of carbonyl (C=O) groups excluding carboxylic acids is 1. The number of allylic oxidation sites excluding steroid dienone is 1. The van der Waals surface area contributed by atoms with Gasteiger partial charge in [-0.05, 0) is 129 Å². The van der Waals surface area contributed by atoms with E-state index in [1.807, 2.05) is 47.2 Å². The highest BCUT2D eigenvalue weighted by Crippen LogP contribution is 2.43. The predicted molar refractivity (Wildman–Crippen MR) is 255 cm³/mol. The molecular weight excluding hydrogens is 920 g/mol. The van der Waals surface area contributed by atoms with Gasteiger partial charge in [0.1, 0.15) is 9.79 Å². The van der Waals surface area contributed by atoms with Crippen LogP contribution in [-0.4, -0.2) is 102 Å². The Kier molecular flexibility index (Phi) is 15.7. The third-order valence-corrected chi connectivity index (χ3v) is 17.2. The van der Waals surface area contributed by atoms with Crippen molar-refractivity contribution in [3.8, 4) is 0 Å². The number of anilines is 2. The lowest BCUT2D eigenvalue weighted by Gasteiger charge is -2.39. The first-order chi connectivity index (χ1) is 30.5. The summed E-state index contributed by atoms with van der Waals surface area (Å²) in [5.74, 6) is -4.52. The van der Waals surface area contributed by atoms with Gasteiger partial charge in [-0.3, -0.25) is 9.69 Å². The number of piperazine rings is 1. The third-order valence-electron chi connectivity index (χ3n) is 12.3. The number of hydrogen-bond acceptors (Lipinski definition) is 10. The topological polar surface area (TPSA) is 119 Å². The molecule has 0 unspecified atom stereocenters. The Hall–Kier alpha value is -3.70. The minimum absolute atomic E-state index is 0.0135. The normalized spacial score (nSPS) is 18.1. The number of halogens is 4. The van der Waals surface area contributed by atoms with E-state index in [9.17, 15) is 30.4 Å². The van der Waals surface area contributed by atoms with Crippen molar-refractivity contribution in [1.82, 2.24) is 14.5 Å². The van der Waals surface area contributed by atoms with E-state index in [4.69, 9.17) is 23.2 Å². The number of amides is 1. The first kappa shape index (κ1) is 48.2. The molecule has 0 saturated carbocycles. The highest BCUT2D eigenvalue weighted by Gasteiger charge is 2.38. The summed E-state index contributed by atoms with van der Waals surface area (Å²) in [6.07, 6.45) is 5.99. The van der Waals surface area contributed by atoms with Crippen LogP contribution in [0.1, 0.15) is 68.3 Å². The molecule has 1 amide bonds. The van der Waals surface area contributed by atoms with Crippen molar-refractivity contribution in [3.63, 3.8) is 0 Å². The smallest absolute Gasteiger partial charge is 0.341 e. The number of hydrogen-bond donors (Lipinski definition) is 2. The molecule has 4 aromatic rings. The number of carbonyl (C=O) groups is 1. The molecule has 344 valence electrons. The van der Waals surface area contributed by atoms with Gasteiger partial charge in [0.15, 0.2) is 0 Å². The Bertz CT molecular complexity index is 2520. The molecule has 4 aromatic carbocycles. The van der Waals surface area contributed by atoms with Crippen LogP contribution in [-0.2, 0) is 19.9 Å². The highest BCUT2D eigenvalue weighted by molar-refractivity contribution is 7.99. The van der Waals surface area contributed by atoms with E-state index in [2.05, 4.69) is 46.0 Å². The fraction of sp³-hybridized carbons (Fsp3) is 0.426. The summed E-state index contributed by atoms with van der Waals surface area (Å²) in [7, 11) is -10.6. The van der Waals surface area contributed by atoms with E-state index in [0.717, 1.165) is 106 Å². The van der Waals surface area contributed by atoms with Crippen LogP contribution < -0.4 is 14.9 Å². The van der Waals surface area contributed by atoms with Gasteiger partial charge in [-0.2, -0.15) is 8.78 Å². The Labute approximate surface area is 390 Å². The lowest BCUT2D eigenvalue weighted by Crippen LogP contribution is -2.47. The average molecular weight is 975 g/mol. The molecular formula is C47H55Cl2F2N5O5S3. The number of sulfone groups is 1. The van der Waals surface area contributed by atoms with E-state index < -0.39 is 46.3 Å². The number of rotatable bonds is 17. The first-order valence-corrected chi connectivity index (χ1v) is 26.4. The zero-order chi connectivity index (χ0) is 45.6. The Balaban J connectivity index is 1.03. The molecule has 1 aliphatic carbocycles. The van der Waals surface area contributed by atoms with Crippen LogP contribution in [0.5, 0.6) is 0 Å². The number of alkyl halides is 2. The van der Waals surface area contributed by atoms with Gasteiger partial charge in [0.2, 0.25) is 9.84 Å². The van der Waals surface area contributed by atoms with Crippen LogP contribution in [0.15, 0.2) is 111 Å². The molecule has 2 fully saturated rings. The molecule has 0 aromatic heterocycles. The second-order valence-corrected chi connectivity index (χ2v) is 23.0. The molecule has 64 heavy (non-hydrogen) atoms. The quantitative estimate of drug-likeness (QED) is 0.0991. The third kappa shape index (κ3) is 12.0. The summed E-state index contributed by atoms with van der Waals surface area (Å²) in [6.45, 7) is 11.3. The predicted octanol–water partition coefficient (Wildman–Crippen LogP) is 9.95. The number of nitrogens with one attached hydrogen (secondary N) is 2. The van der Waals surface area contributed by atoms with Crippen molar-refractivity contribution in [2.45, 2.75) is 78.9 Å². The summed E-state index contributed by atoms with van der Waals surface area (Å²) in [6, 6.07) is 26.0. The molecule has 0 radical (unpaired) electrons. The van der Waals surface area contributed by atoms with Gasteiger partial charge in [0.25, 0.3) is 15.9 Å². The Morgan fingerprint density at radius 3 is 2.16 bits per heavy atom. The lowest BCUT2D eigenvalue weighted by molar-refractivity contribution is 0.0981. The van der Waals surface area contributed by atoms with Gasteiger partial charge in [0, 0.05) is 72.2 Å². The van der Waals surface area contributed by atoms with Crippen LogP contribution >= 0.6 is 35.0 Å². The monoisotopic (exact) mass is 973 g/mol. The number of nitrogens with zero attached hydrogens (tertiary/aromatic N) is 3. The molecule has 3 aliphatic rings. The van der Waals surface area contributed by atoms with E-state index in [1.54, 1.807) is 23.9 Å². The van der Waals surface area contributed by atoms with Gasteiger partial charge in [-0.15, -0.1) is 11.8 Å². The number of likely N-dealkylation sites (tertiary alicyclic amines) is 1. The second kappa shape index (κ2) is 20.9. The largest absolute Gasteiger partial charge is 0.380 e. The average Bonchev–Trinajstić information content (AvgIpc) is 3.80. The zero-order valence-corrected chi connectivity index (χ0v) is 40.0. The van der Waals surface area contributed by atoms with Gasteiger partial charge in [-0.1, -0.05) is 73.0 Å². The fourth-order valence-corrected chi connectivity index (χ4v) is 13.1. The van der Waals surface area contributed by atoms with Gasteiger partial charge < -0.3 is 15.1 Å². The van der Waals surface area contributed by atoms with E-state index in [-0.39, 0.29) is 22.7 Å². The van der Waals surface area contributed by atoms with Crippen molar-refractivity contribution in [2.75, 3.05) is 68.3 Å². The van der Waals surface area contributed by atoms with Gasteiger partial charge in [-0.25, -0.2) is 21.6 Å². The lowest BCUT2D eigenvalue weighted by atomic mass is 9.73. The van der Waals surface area contributed by atoms with Gasteiger partial charge >= 0.3 is 5.76 Å². The minimum atomic E-state index is -5.58. The summed E-state index contributed by atoms with van der Waals surface area (Å²) >= 11 is 14.4.